The Morgan fingerprint density at radius 3 is 1.96 bits per heavy atom. The van der Waals surface area contributed by atoms with Crippen LogP contribution >= 0.6 is 15.9 Å². The molecule has 2 aromatic rings. The van der Waals surface area contributed by atoms with Crippen molar-refractivity contribution in [2.75, 3.05) is 4.31 Å². The standard InChI is InChI=1S/C17H19BrN2O4S/c1-11(2)16(17(21)19-22)20(25(23)24)15-9-5-13(6-10-15)12-3-7-14(18)8-4-12/h3-11,16,22H,1-2H3,(H,19,21)(H,23,24). The lowest BCUT2D eigenvalue weighted by Gasteiger charge is -2.30. The summed E-state index contributed by atoms with van der Waals surface area (Å²) in [4.78, 5) is 11.9. The molecular weight excluding hydrogens is 408 g/mol. The van der Waals surface area contributed by atoms with Gasteiger partial charge in [0.15, 0.2) is 0 Å². The second-order valence-corrected chi connectivity index (χ2v) is 7.55. The maximum absolute atomic E-state index is 11.9. The van der Waals surface area contributed by atoms with Gasteiger partial charge in [-0.3, -0.25) is 18.9 Å². The molecule has 3 N–H and O–H groups in total. The average Bonchev–Trinajstić information content (AvgIpc) is 2.59. The molecule has 0 saturated heterocycles. The molecule has 2 rings (SSSR count). The third-order valence-electron chi connectivity index (χ3n) is 3.73. The predicted molar refractivity (Wildman–Crippen MR) is 101 cm³/mol. The van der Waals surface area contributed by atoms with E-state index >= 15 is 0 Å². The van der Waals surface area contributed by atoms with E-state index in [0.717, 1.165) is 19.9 Å². The van der Waals surface area contributed by atoms with Gasteiger partial charge in [-0.1, -0.05) is 54.0 Å². The van der Waals surface area contributed by atoms with Crippen LogP contribution in [0.1, 0.15) is 13.8 Å². The third-order valence-corrected chi connectivity index (χ3v) is 5.03. The molecule has 0 fully saturated rings. The first kappa shape index (κ1) is 19.6. The number of halogens is 1. The Labute approximate surface area is 157 Å². The van der Waals surface area contributed by atoms with Crippen LogP contribution in [0.4, 0.5) is 5.69 Å². The van der Waals surface area contributed by atoms with Crippen molar-refractivity contribution >= 4 is 38.8 Å². The van der Waals surface area contributed by atoms with Gasteiger partial charge < -0.3 is 0 Å². The molecule has 0 heterocycles. The topological polar surface area (TPSA) is 89.9 Å². The zero-order chi connectivity index (χ0) is 18.6. The highest BCUT2D eigenvalue weighted by molar-refractivity contribution is 9.10. The minimum absolute atomic E-state index is 0.297. The second-order valence-electron chi connectivity index (χ2n) is 5.78. The summed E-state index contributed by atoms with van der Waals surface area (Å²) < 4.78 is 23.6. The fourth-order valence-corrected chi connectivity index (χ4v) is 3.64. The van der Waals surface area contributed by atoms with Crippen molar-refractivity contribution in [3.05, 3.63) is 53.0 Å². The molecular formula is C17H19BrN2O4S. The van der Waals surface area contributed by atoms with Crippen molar-refractivity contribution in [2.24, 2.45) is 5.92 Å². The van der Waals surface area contributed by atoms with Crippen molar-refractivity contribution in [3.8, 4) is 11.1 Å². The summed E-state index contributed by atoms with van der Waals surface area (Å²) in [6.45, 7) is 3.46. The van der Waals surface area contributed by atoms with Gasteiger partial charge in [0.25, 0.3) is 17.2 Å². The molecule has 2 aromatic carbocycles. The molecule has 6 nitrogen and oxygen atoms in total. The molecule has 0 bridgehead atoms. The number of rotatable bonds is 6. The molecule has 25 heavy (non-hydrogen) atoms. The van der Waals surface area contributed by atoms with E-state index in [1.807, 2.05) is 36.4 Å². The summed E-state index contributed by atoms with van der Waals surface area (Å²) in [5, 5.41) is 8.94. The molecule has 0 saturated carbocycles. The van der Waals surface area contributed by atoms with Crippen LogP contribution < -0.4 is 9.79 Å². The van der Waals surface area contributed by atoms with Crippen LogP contribution in [0, 0.1) is 5.92 Å². The number of amides is 1. The number of hydrogen-bond acceptors (Lipinski definition) is 3. The van der Waals surface area contributed by atoms with Gasteiger partial charge in [-0.25, -0.2) is 9.69 Å². The minimum Gasteiger partial charge on any atom is -0.289 e. The molecule has 134 valence electrons. The summed E-state index contributed by atoms with van der Waals surface area (Å²) in [6.07, 6.45) is 0. The molecule has 1 amide bonds. The SMILES string of the molecule is CC(C)C(C(=O)NO)N(c1ccc(-c2ccc(Br)cc2)cc1)S(=O)O. The number of anilines is 1. The maximum Gasteiger partial charge on any atom is 0.267 e. The quantitative estimate of drug-likeness (QED) is 0.374. The van der Waals surface area contributed by atoms with Gasteiger partial charge in [0.2, 0.25) is 0 Å². The first-order chi connectivity index (χ1) is 11.8. The number of hydrogen-bond donors (Lipinski definition) is 3. The van der Waals surface area contributed by atoms with Gasteiger partial charge in [0, 0.05) is 4.47 Å². The van der Waals surface area contributed by atoms with Crippen molar-refractivity contribution < 1.29 is 18.8 Å². The number of benzene rings is 2. The summed E-state index contributed by atoms with van der Waals surface area (Å²) in [5.74, 6) is -1.04. The van der Waals surface area contributed by atoms with Crippen molar-refractivity contribution in [1.29, 1.82) is 0 Å². The van der Waals surface area contributed by atoms with E-state index < -0.39 is 23.2 Å². The second kappa shape index (κ2) is 8.57. The fourth-order valence-electron chi connectivity index (χ4n) is 2.54. The van der Waals surface area contributed by atoms with Crippen LogP contribution in [0.3, 0.4) is 0 Å². The minimum atomic E-state index is -2.43. The lowest BCUT2D eigenvalue weighted by molar-refractivity contribution is -0.131. The van der Waals surface area contributed by atoms with E-state index in [9.17, 15) is 13.6 Å². The lowest BCUT2D eigenvalue weighted by atomic mass is 10.0. The van der Waals surface area contributed by atoms with Crippen LogP contribution in [-0.4, -0.2) is 25.9 Å². The van der Waals surface area contributed by atoms with Gasteiger partial charge in [-0.2, -0.15) is 0 Å². The molecule has 2 atom stereocenters. The lowest BCUT2D eigenvalue weighted by Crippen LogP contribution is -2.50. The Hall–Kier alpha value is -1.74. The van der Waals surface area contributed by atoms with E-state index in [1.165, 1.54) is 0 Å². The zero-order valence-corrected chi connectivity index (χ0v) is 16.1. The number of nitrogens with zero attached hydrogens (tertiary/aromatic N) is 1. The van der Waals surface area contributed by atoms with Crippen molar-refractivity contribution in [2.45, 2.75) is 19.9 Å². The number of carbonyl (C=O) groups is 1. The summed E-state index contributed by atoms with van der Waals surface area (Å²) >= 11 is 0.962. The van der Waals surface area contributed by atoms with E-state index in [0.29, 0.717) is 5.69 Å². The van der Waals surface area contributed by atoms with Crippen LogP contribution in [0.2, 0.25) is 0 Å². The molecule has 8 heteroatoms. The van der Waals surface area contributed by atoms with Crippen molar-refractivity contribution in [3.63, 3.8) is 0 Å². The van der Waals surface area contributed by atoms with Crippen LogP contribution in [-0.2, 0) is 16.1 Å². The van der Waals surface area contributed by atoms with Crippen LogP contribution in [0.15, 0.2) is 53.0 Å². The van der Waals surface area contributed by atoms with Gasteiger partial charge >= 0.3 is 0 Å². The Bertz CT molecular complexity index is 750. The average molecular weight is 427 g/mol. The molecule has 0 spiro atoms. The van der Waals surface area contributed by atoms with Crippen molar-refractivity contribution in [1.82, 2.24) is 5.48 Å². The highest BCUT2D eigenvalue weighted by Gasteiger charge is 2.32. The van der Waals surface area contributed by atoms with E-state index in [-0.39, 0.29) is 5.92 Å². The molecule has 0 radical (unpaired) electrons. The van der Waals surface area contributed by atoms with E-state index in [4.69, 9.17) is 5.21 Å². The smallest absolute Gasteiger partial charge is 0.267 e. The highest BCUT2D eigenvalue weighted by Crippen LogP contribution is 2.27. The van der Waals surface area contributed by atoms with Gasteiger partial charge in [-0.05, 0) is 41.3 Å². The van der Waals surface area contributed by atoms with Gasteiger partial charge in [0.1, 0.15) is 6.04 Å². The Morgan fingerprint density at radius 1 is 1.08 bits per heavy atom. The summed E-state index contributed by atoms with van der Waals surface area (Å²) in [7, 11) is 0. The summed E-state index contributed by atoms with van der Waals surface area (Å²) in [6, 6.07) is 13.7. The van der Waals surface area contributed by atoms with Crippen LogP contribution in [0.25, 0.3) is 11.1 Å². The fraction of sp³-hybridized carbons (Fsp3) is 0.235. The highest BCUT2D eigenvalue weighted by atomic mass is 79.9. The largest absolute Gasteiger partial charge is 0.289 e. The normalized spacial score (nSPS) is 13.4. The number of carbonyl (C=O) groups excluding carboxylic acids is 1. The van der Waals surface area contributed by atoms with E-state index in [1.54, 1.807) is 31.5 Å². The molecule has 2 unspecified atom stereocenters. The summed E-state index contributed by atoms with van der Waals surface area (Å²) in [5.41, 5.74) is 3.91. The number of hydroxylamine groups is 1. The van der Waals surface area contributed by atoms with Gasteiger partial charge in [0.05, 0.1) is 5.69 Å². The van der Waals surface area contributed by atoms with Crippen LogP contribution in [0.5, 0.6) is 0 Å². The first-order valence-electron chi connectivity index (χ1n) is 7.55. The Morgan fingerprint density at radius 2 is 1.56 bits per heavy atom. The molecule has 0 aliphatic rings. The zero-order valence-electron chi connectivity index (χ0n) is 13.7. The Balaban J connectivity index is 2.37. The first-order valence-corrected chi connectivity index (χ1v) is 9.41. The van der Waals surface area contributed by atoms with Gasteiger partial charge in [-0.15, -0.1) is 0 Å². The molecule has 0 aromatic heterocycles. The third kappa shape index (κ3) is 4.66. The number of nitrogens with one attached hydrogen (secondary N) is 1. The van der Waals surface area contributed by atoms with E-state index in [2.05, 4.69) is 15.9 Å². The maximum atomic E-state index is 11.9. The predicted octanol–water partition coefficient (Wildman–Crippen LogP) is 3.59. The Kier molecular flexibility index (Phi) is 6.71. The molecule has 0 aliphatic heterocycles. The monoisotopic (exact) mass is 426 g/mol. The molecule has 0 aliphatic carbocycles.